The molecule has 31 heavy (non-hydrogen) atoms. The van der Waals surface area contributed by atoms with Gasteiger partial charge in [-0.3, -0.25) is 24.6 Å². The molecule has 0 unspecified atom stereocenters. The van der Waals surface area contributed by atoms with Crippen molar-refractivity contribution in [2.45, 2.75) is 19.0 Å². The Bertz CT molecular complexity index is 1090. The van der Waals surface area contributed by atoms with Gasteiger partial charge >= 0.3 is 6.03 Å². The van der Waals surface area contributed by atoms with Crippen LogP contribution in [0.4, 0.5) is 4.79 Å². The first-order valence-electron chi connectivity index (χ1n) is 9.61. The number of benzene rings is 2. The van der Waals surface area contributed by atoms with Gasteiger partial charge in [0.2, 0.25) is 0 Å². The zero-order chi connectivity index (χ0) is 21.8. The molecular weight excluding hydrogens is 398 g/mol. The van der Waals surface area contributed by atoms with E-state index in [1.165, 1.54) is 24.7 Å². The fraction of sp³-hybridized carbons (Fsp3) is 0.136. The molecule has 3 aromatic rings. The molecular formula is C22H19N5O4. The maximum Gasteiger partial charge on any atom is 0.321 e. The number of H-pyrrole nitrogens is 1. The van der Waals surface area contributed by atoms with Crippen molar-refractivity contribution < 1.29 is 19.2 Å². The van der Waals surface area contributed by atoms with Crippen molar-refractivity contribution in [2.75, 3.05) is 0 Å². The monoisotopic (exact) mass is 417 g/mol. The summed E-state index contributed by atoms with van der Waals surface area (Å²) in [6, 6.07) is 13.6. The van der Waals surface area contributed by atoms with Crippen molar-refractivity contribution in [2.24, 2.45) is 0 Å². The normalized spacial score (nSPS) is 13.6. The fourth-order valence-electron chi connectivity index (χ4n) is 3.41. The summed E-state index contributed by atoms with van der Waals surface area (Å²) < 4.78 is 0. The van der Waals surface area contributed by atoms with E-state index >= 15 is 0 Å². The molecule has 2 aromatic carbocycles. The van der Waals surface area contributed by atoms with E-state index in [0.29, 0.717) is 5.69 Å². The standard InChI is InChI=1S/C22H19N5O4/c28-19(26-22(31)24-11-14-6-2-1-3-7-14)18(10-15-12-23-13-25-15)27-20(29)16-8-4-5-9-17(16)21(27)30/h1-9,12-13,18H,10-11H2,(H,23,25)(H2,24,26,28,31)/t18-/m0/s1. The molecule has 0 fully saturated rings. The number of imidazole rings is 1. The molecule has 1 aliphatic rings. The summed E-state index contributed by atoms with van der Waals surface area (Å²) in [6.07, 6.45) is 2.91. The van der Waals surface area contributed by atoms with Crippen molar-refractivity contribution in [3.8, 4) is 0 Å². The van der Waals surface area contributed by atoms with Gasteiger partial charge in [-0.25, -0.2) is 9.78 Å². The van der Waals surface area contributed by atoms with E-state index in [1.54, 1.807) is 12.1 Å². The molecule has 0 saturated carbocycles. The molecule has 0 radical (unpaired) electrons. The Morgan fingerprint density at radius 3 is 2.23 bits per heavy atom. The minimum Gasteiger partial charge on any atom is -0.348 e. The number of carbonyl (C=O) groups excluding carboxylic acids is 4. The van der Waals surface area contributed by atoms with E-state index < -0.39 is 29.8 Å². The Morgan fingerprint density at radius 2 is 1.61 bits per heavy atom. The summed E-state index contributed by atoms with van der Waals surface area (Å²) >= 11 is 0. The van der Waals surface area contributed by atoms with Crippen LogP contribution in [0, 0.1) is 0 Å². The van der Waals surface area contributed by atoms with Gasteiger partial charge in [-0.1, -0.05) is 42.5 Å². The van der Waals surface area contributed by atoms with Gasteiger partial charge in [-0.2, -0.15) is 0 Å². The largest absolute Gasteiger partial charge is 0.348 e. The Kier molecular flexibility index (Phi) is 5.57. The maximum absolute atomic E-state index is 13.0. The number of hydrogen-bond acceptors (Lipinski definition) is 5. The second kappa shape index (κ2) is 8.62. The Labute approximate surface area is 177 Å². The quantitative estimate of drug-likeness (QED) is 0.526. The van der Waals surface area contributed by atoms with Gasteiger partial charge in [0.15, 0.2) is 0 Å². The first-order valence-corrected chi connectivity index (χ1v) is 9.61. The average molecular weight is 417 g/mol. The predicted molar refractivity (Wildman–Crippen MR) is 110 cm³/mol. The lowest BCUT2D eigenvalue weighted by Gasteiger charge is -2.24. The Hall–Kier alpha value is -4.27. The molecule has 1 aromatic heterocycles. The first-order chi connectivity index (χ1) is 15.0. The Morgan fingerprint density at radius 1 is 0.968 bits per heavy atom. The number of fused-ring (bicyclic) bond motifs is 1. The van der Waals surface area contributed by atoms with Crippen LogP contribution in [0.5, 0.6) is 0 Å². The highest BCUT2D eigenvalue weighted by molar-refractivity contribution is 6.23. The van der Waals surface area contributed by atoms with Crippen LogP contribution in [0.2, 0.25) is 0 Å². The lowest BCUT2D eigenvalue weighted by molar-refractivity contribution is -0.123. The van der Waals surface area contributed by atoms with Crippen LogP contribution in [0.15, 0.2) is 67.1 Å². The molecule has 0 saturated heterocycles. The predicted octanol–water partition coefficient (Wildman–Crippen LogP) is 1.64. The zero-order valence-corrected chi connectivity index (χ0v) is 16.4. The molecule has 1 atom stereocenters. The third kappa shape index (κ3) is 4.20. The third-order valence-corrected chi connectivity index (χ3v) is 4.94. The zero-order valence-electron chi connectivity index (χ0n) is 16.4. The number of carbonyl (C=O) groups is 4. The lowest BCUT2D eigenvalue weighted by Crippen LogP contribution is -2.53. The van der Waals surface area contributed by atoms with Crippen molar-refractivity contribution in [1.82, 2.24) is 25.5 Å². The van der Waals surface area contributed by atoms with Crippen LogP contribution in [0.25, 0.3) is 0 Å². The molecule has 3 N–H and O–H groups in total. The number of rotatable bonds is 6. The summed E-state index contributed by atoms with van der Waals surface area (Å²) in [5.41, 5.74) is 1.85. The van der Waals surface area contributed by atoms with Crippen molar-refractivity contribution >= 4 is 23.8 Å². The molecule has 156 valence electrons. The SMILES string of the molecule is O=C(NCc1ccccc1)NC(=O)[C@H](Cc1cnc[nH]1)N1C(=O)c2ccccc2C1=O. The van der Waals surface area contributed by atoms with Crippen LogP contribution < -0.4 is 10.6 Å². The lowest BCUT2D eigenvalue weighted by atomic mass is 10.1. The van der Waals surface area contributed by atoms with Crippen LogP contribution >= 0.6 is 0 Å². The van der Waals surface area contributed by atoms with E-state index in [1.807, 2.05) is 30.3 Å². The van der Waals surface area contributed by atoms with Crippen LogP contribution in [-0.2, 0) is 17.8 Å². The number of aromatic amines is 1. The summed E-state index contributed by atoms with van der Waals surface area (Å²) in [7, 11) is 0. The minimum atomic E-state index is -1.23. The van der Waals surface area contributed by atoms with Gasteiger partial charge in [0.05, 0.1) is 17.5 Å². The topological polar surface area (TPSA) is 124 Å². The van der Waals surface area contributed by atoms with E-state index in [0.717, 1.165) is 10.5 Å². The van der Waals surface area contributed by atoms with Crippen LogP contribution in [0.1, 0.15) is 32.0 Å². The van der Waals surface area contributed by atoms with E-state index in [4.69, 9.17) is 0 Å². The first kappa shape index (κ1) is 20.0. The Balaban J connectivity index is 1.51. The van der Waals surface area contributed by atoms with Crippen molar-refractivity contribution in [1.29, 1.82) is 0 Å². The molecule has 1 aliphatic heterocycles. The van der Waals surface area contributed by atoms with E-state index in [2.05, 4.69) is 20.6 Å². The second-order valence-electron chi connectivity index (χ2n) is 6.98. The maximum atomic E-state index is 13.0. The molecule has 9 heteroatoms. The smallest absolute Gasteiger partial charge is 0.321 e. The number of amides is 5. The number of nitrogens with zero attached hydrogens (tertiary/aromatic N) is 2. The van der Waals surface area contributed by atoms with Crippen LogP contribution in [0.3, 0.4) is 0 Å². The average Bonchev–Trinajstić information content (AvgIpc) is 3.38. The number of imide groups is 2. The highest BCUT2D eigenvalue weighted by Crippen LogP contribution is 2.25. The molecule has 4 rings (SSSR count). The summed E-state index contributed by atoms with van der Waals surface area (Å²) in [6.45, 7) is 0.220. The molecule has 5 amide bonds. The van der Waals surface area contributed by atoms with Gasteiger partial charge in [0.1, 0.15) is 6.04 Å². The third-order valence-electron chi connectivity index (χ3n) is 4.94. The number of aromatic nitrogens is 2. The van der Waals surface area contributed by atoms with Gasteiger partial charge in [0.25, 0.3) is 17.7 Å². The van der Waals surface area contributed by atoms with Gasteiger partial charge in [0, 0.05) is 24.9 Å². The summed E-state index contributed by atoms with van der Waals surface area (Å²) in [5.74, 6) is -1.93. The number of urea groups is 1. The van der Waals surface area contributed by atoms with Gasteiger partial charge in [-0.15, -0.1) is 0 Å². The van der Waals surface area contributed by atoms with Crippen LogP contribution in [-0.4, -0.2) is 44.7 Å². The highest BCUT2D eigenvalue weighted by atomic mass is 16.2. The minimum absolute atomic E-state index is 0.0106. The highest BCUT2D eigenvalue weighted by Gasteiger charge is 2.43. The molecule has 2 heterocycles. The fourth-order valence-corrected chi connectivity index (χ4v) is 3.41. The number of hydrogen-bond donors (Lipinski definition) is 3. The van der Waals surface area contributed by atoms with Gasteiger partial charge in [-0.05, 0) is 17.7 Å². The van der Waals surface area contributed by atoms with Crippen molar-refractivity contribution in [3.63, 3.8) is 0 Å². The number of nitrogens with one attached hydrogen (secondary N) is 3. The molecule has 0 bridgehead atoms. The van der Waals surface area contributed by atoms with E-state index in [-0.39, 0.29) is 24.1 Å². The summed E-state index contributed by atoms with van der Waals surface area (Å²) in [5, 5.41) is 4.83. The van der Waals surface area contributed by atoms with E-state index in [9.17, 15) is 19.2 Å². The van der Waals surface area contributed by atoms with Gasteiger partial charge < -0.3 is 10.3 Å². The molecule has 0 aliphatic carbocycles. The van der Waals surface area contributed by atoms with Crippen molar-refractivity contribution in [3.05, 3.63) is 89.5 Å². The molecule has 0 spiro atoms. The molecule has 9 nitrogen and oxygen atoms in total. The summed E-state index contributed by atoms with van der Waals surface area (Å²) in [4.78, 5) is 58.7. The second-order valence-corrected chi connectivity index (χ2v) is 6.98.